The lowest BCUT2D eigenvalue weighted by Gasteiger charge is -2.42. The zero-order valence-corrected chi connectivity index (χ0v) is 44.4. The van der Waals surface area contributed by atoms with Crippen molar-refractivity contribution < 1.29 is 33.6 Å². The van der Waals surface area contributed by atoms with Crippen molar-refractivity contribution in [1.82, 2.24) is 47.0 Å². The van der Waals surface area contributed by atoms with Gasteiger partial charge in [-0.3, -0.25) is 28.8 Å². The average molecular weight is 1000 g/mol. The van der Waals surface area contributed by atoms with E-state index in [2.05, 4.69) is 54.7 Å². The maximum atomic E-state index is 14.9. The van der Waals surface area contributed by atoms with E-state index < -0.39 is 71.0 Å². The van der Waals surface area contributed by atoms with E-state index in [1.165, 1.54) is 16.0 Å². The molecule has 3 aromatic carbocycles. The smallest absolute Gasteiger partial charge is 0.319 e. The van der Waals surface area contributed by atoms with Gasteiger partial charge in [-0.15, -0.1) is 0 Å². The SMILES string of the molecule is CN[C@@H](C)C(=O)N[C@H](C(=O)N1Cc2cc(NC(=O)N[C@H]3C[C@@H](C(=O)N[C@@H]4CCCc5ccccc54)N(C(=O)[C@@H](NC(=O)[C@H](C)NC)C(C)(C)C)C3)ccc2C[C@H]1C(=O)N[C@@H]1CCCc2ccccc21)C(C)(C)C. The van der Waals surface area contributed by atoms with E-state index in [1.807, 2.05) is 84.0 Å². The Balaban J connectivity index is 1.12. The highest BCUT2D eigenvalue weighted by Crippen LogP contribution is 2.35. The number of hydrogen-bond acceptors (Lipinski definition) is 9. The van der Waals surface area contributed by atoms with E-state index in [0.29, 0.717) is 5.69 Å². The maximum Gasteiger partial charge on any atom is 0.319 e. The molecule has 17 heteroatoms. The maximum absolute atomic E-state index is 14.9. The van der Waals surface area contributed by atoms with Crippen LogP contribution in [0.4, 0.5) is 10.5 Å². The summed E-state index contributed by atoms with van der Waals surface area (Å²) in [5.41, 5.74) is 5.04. The molecule has 3 aromatic rings. The molecule has 2 aliphatic carbocycles. The molecular weight excluding hydrogens is 925 g/mol. The molecule has 0 bridgehead atoms. The third kappa shape index (κ3) is 12.7. The second-order valence-corrected chi connectivity index (χ2v) is 22.6. The predicted octanol–water partition coefficient (Wildman–Crippen LogP) is 4.70. The van der Waals surface area contributed by atoms with Crippen molar-refractivity contribution in [3.8, 4) is 0 Å². The van der Waals surface area contributed by atoms with Crippen LogP contribution in [0.25, 0.3) is 0 Å². The number of hydrogen-bond donors (Lipinski definition) is 8. The van der Waals surface area contributed by atoms with Crippen LogP contribution >= 0.6 is 0 Å². The first-order valence-corrected chi connectivity index (χ1v) is 26.1. The first-order chi connectivity index (χ1) is 34.6. The number of likely N-dealkylation sites (tertiary alicyclic amines) is 1. The summed E-state index contributed by atoms with van der Waals surface area (Å²) >= 11 is 0. The van der Waals surface area contributed by atoms with Gasteiger partial charge in [0.2, 0.25) is 35.4 Å². The first kappa shape index (κ1) is 54.4. The Labute approximate surface area is 430 Å². The van der Waals surface area contributed by atoms with Gasteiger partial charge in [-0.2, -0.15) is 0 Å². The molecular formula is C56H78N10O7. The number of carbonyl (C=O) groups is 7. The summed E-state index contributed by atoms with van der Waals surface area (Å²) in [4.78, 5) is 102. The quantitative estimate of drug-likeness (QED) is 0.112. The number of amides is 8. The van der Waals surface area contributed by atoms with Gasteiger partial charge in [-0.25, -0.2) is 4.79 Å². The summed E-state index contributed by atoms with van der Waals surface area (Å²) < 4.78 is 0. The fourth-order valence-electron chi connectivity index (χ4n) is 10.7. The van der Waals surface area contributed by atoms with Gasteiger partial charge in [0, 0.05) is 25.2 Å². The van der Waals surface area contributed by atoms with Crippen molar-refractivity contribution in [3.05, 3.63) is 100 Å². The van der Waals surface area contributed by atoms with Gasteiger partial charge in [0.05, 0.1) is 30.2 Å². The Hall–Kier alpha value is -6.33. The molecule has 0 unspecified atom stereocenters. The Bertz CT molecular complexity index is 2550. The molecule has 394 valence electrons. The van der Waals surface area contributed by atoms with E-state index in [9.17, 15) is 33.6 Å². The fraction of sp³-hybridized carbons (Fsp3) is 0.554. The Morgan fingerprint density at radius 2 is 1.08 bits per heavy atom. The van der Waals surface area contributed by atoms with Crippen LogP contribution in [0.15, 0.2) is 66.7 Å². The average Bonchev–Trinajstić information content (AvgIpc) is 3.78. The molecule has 9 atom stereocenters. The fourth-order valence-corrected chi connectivity index (χ4v) is 10.7. The van der Waals surface area contributed by atoms with Crippen LogP contribution in [0.3, 0.4) is 0 Å². The minimum atomic E-state index is -0.975. The van der Waals surface area contributed by atoms with Crippen molar-refractivity contribution in [2.75, 3.05) is 26.0 Å². The number of nitrogens with one attached hydrogen (secondary N) is 8. The van der Waals surface area contributed by atoms with Crippen LogP contribution in [-0.4, -0.2) is 114 Å². The summed E-state index contributed by atoms with van der Waals surface area (Å²) in [7, 11) is 3.33. The minimum absolute atomic E-state index is 0.0192. The lowest BCUT2D eigenvalue weighted by molar-refractivity contribution is -0.147. The van der Waals surface area contributed by atoms with E-state index in [4.69, 9.17) is 0 Å². The second kappa shape index (κ2) is 22.8. The van der Waals surface area contributed by atoms with Crippen LogP contribution in [-0.2, 0) is 54.6 Å². The van der Waals surface area contributed by atoms with Crippen molar-refractivity contribution in [2.45, 2.75) is 168 Å². The van der Waals surface area contributed by atoms with Gasteiger partial charge in [0.1, 0.15) is 24.2 Å². The van der Waals surface area contributed by atoms with E-state index >= 15 is 0 Å². The Morgan fingerprint density at radius 1 is 0.589 bits per heavy atom. The first-order valence-electron chi connectivity index (χ1n) is 26.1. The predicted molar refractivity (Wildman–Crippen MR) is 281 cm³/mol. The molecule has 7 rings (SSSR count). The largest absolute Gasteiger partial charge is 0.347 e. The molecule has 8 N–H and O–H groups in total. The highest BCUT2D eigenvalue weighted by Gasteiger charge is 2.47. The molecule has 0 aromatic heterocycles. The summed E-state index contributed by atoms with van der Waals surface area (Å²) in [6, 6.07) is 15.0. The number of urea groups is 1. The molecule has 0 spiro atoms. The standard InChI is InChI=1S/C56H78N10O7/c1-32(57-9)48(67)63-46(55(3,4)5)52(71)65-30-37-27-38(26-25-36(37)28-44(65)50(69)61-42-23-15-19-34-17-11-13-21-40(34)42)59-54(73)60-39-29-45(51(70)62-43-24-16-20-35-18-12-14-22-41(35)43)66(31-39)53(72)47(56(6,7)8)64-49(68)33(2)58-10/h11-14,17-18,21-22,25-27,32-33,39,42-47,57-58H,15-16,19-20,23-24,28-31H2,1-10H3,(H,61,69)(H,62,70)(H,63,67)(H,64,68)(H2,59,60,73)/t32-,33-,39-,42+,43+,44-,45-,46+,47+/m0/s1. The molecule has 2 aliphatic heterocycles. The number of benzene rings is 3. The third-order valence-corrected chi connectivity index (χ3v) is 15.2. The number of fused-ring (bicyclic) bond motifs is 3. The van der Waals surface area contributed by atoms with E-state index in [1.54, 1.807) is 45.0 Å². The highest BCUT2D eigenvalue weighted by molar-refractivity contribution is 5.96. The number of carbonyl (C=O) groups excluding carboxylic acids is 7. The third-order valence-electron chi connectivity index (χ3n) is 15.2. The molecule has 8 amide bonds. The number of nitrogens with zero attached hydrogens (tertiary/aromatic N) is 2. The monoisotopic (exact) mass is 1000 g/mol. The molecule has 0 saturated carbocycles. The molecule has 4 aliphatic rings. The summed E-state index contributed by atoms with van der Waals surface area (Å²) in [5, 5.41) is 24.2. The lowest BCUT2D eigenvalue weighted by atomic mass is 9.83. The van der Waals surface area contributed by atoms with Crippen LogP contribution in [0.1, 0.15) is 133 Å². The summed E-state index contributed by atoms with van der Waals surface area (Å²) in [5.74, 6) is -2.14. The van der Waals surface area contributed by atoms with Gasteiger partial charge in [0.15, 0.2) is 0 Å². The molecule has 1 fully saturated rings. The molecule has 0 radical (unpaired) electrons. The van der Waals surface area contributed by atoms with Crippen LogP contribution < -0.4 is 42.5 Å². The molecule has 17 nitrogen and oxygen atoms in total. The normalized spacial score (nSPS) is 22.2. The van der Waals surface area contributed by atoms with Crippen LogP contribution in [0, 0.1) is 10.8 Å². The van der Waals surface area contributed by atoms with Crippen molar-refractivity contribution in [2.24, 2.45) is 10.8 Å². The zero-order valence-electron chi connectivity index (χ0n) is 44.4. The second-order valence-electron chi connectivity index (χ2n) is 22.6. The van der Waals surface area contributed by atoms with Gasteiger partial charge in [0.25, 0.3) is 0 Å². The zero-order chi connectivity index (χ0) is 52.9. The van der Waals surface area contributed by atoms with Gasteiger partial charge >= 0.3 is 6.03 Å². The van der Waals surface area contributed by atoms with E-state index in [-0.39, 0.29) is 61.6 Å². The van der Waals surface area contributed by atoms with Gasteiger partial charge < -0.3 is 52.3 Å². The Morgan fingerprint density at radius 3 is 1.59 bits per heavy atom. The number of likely N-dealkylation sites (N-methyl/N-ethyl adjacent to an activating group) is 2. The summed E-state index contributed by atoms with van der Waals surface area (Å²) in [6.07, 6.45) is 5.51. The minimum Gasteiger partial charge on any atom is -0.347 e. The summed E-state index contributed by atoms with van der Waals surface area (Å²) in [6.45, 7) is 14.7. The molecule has 2 heterocycles. The van der Waals surface area contributed by atoms with Gasteiger partial charge in [-0.05, 0) is 129 Å². The van der Waals surface area contributed by atoms with Crippen molar-refractivity contribution in [1.29, 1.82) is 0 Å². The van der Waals surface area contributed by atoms with Crippen molar-refractivity contribution in [3.63, 3.8) is 0 Å². The van der Waals surface area contributed by atoms with Gasteiger partial charge in [-0.1, -0.05) is 96.1 Å². The topological polar surface area (TPSA) is 222 Å². The number of aryl methyl sites for hydroxylation is 2. The van der Waals surface area contributed by atoms with Crippen LogP contribution in [0.2, 0.25) is 0 Å². The molecule has 73 heavy (non-hydrogen) atoms. The molecule has 1 saturated heterocycles. The van der Waals surface area contributed by atoms with Crippen molar-refractivity contribution >= 4 is 47.2 Å². The number of anilines is 1. The lowest BCUT2D eigenvalue weighted by Crippen LogP contribution is -2.62. The van der Waals surface area contributed by atoms with E-state index in [0.717, 1.165) is 60.8 Å². The highest BCUT2D eigenvalue weighted by atomic mass is 16.2. The number of rotatable bonds is 14. The Kier molecular flexibility index (Phi) is 17.0. The van der Waals surface area contributed by atoms with Crippen LogP contribution in [0.5, 0.6) is 0 Å².